The number of rotatable bonds is 9. The van der Waals surface area contributed by atoms with Crippen molar-refractivity contribution in [3.05, 3.63) is 0 Å². The summed E-state index contributed by atoms with van der Waals surface area (Å²) in [6, 6.07) is 0.0406. The minimum absolute atomic E-state index is 0. The van der Waals surface area contributed by atoms with Gasteiger partial charge in [0.1, 0.15) is 5.60 Å². The number of nitrogens with one attached hydrogen (secondary N) is 2. The normalized spacial score (nSPS) is 13.0. The van der Waals surface area contributed by atoms with Crippen LogP contribution in [0.5, 0.6) is 0 Å². The van der Waals surface area contributed by atoms with Crippen molar-refractivity contribution in [1.29, 1.82) is 0 Å². The lowest BCUT2D eigenvalue weighted by atomic mass is 10.0. The Labute approximate surface area is 176 Å². The van der Waals surface area contributed by atoms with Gasteiger partial charge in [0.2, 0.25) is 0 Å². The molecule has 0 aromatic rings. The van der Waals surface area contributed by atoms with Gasteiger partial charge in [-0.05, 0) is 40.0 Å². The van der Waals surface area contributed by atoms with Crippen LogP contribution in [0.3, 0.4) is 0 Å². The molecule has 0 radical (unpaired) electrons. The first-order valence-electron chi connectivity index (χ1n) is 9.09. The van der Waals surface area contributed by atoms with Crippen LogP contribution in [0.2, 0.25) is 0 Å². The van der Waals surface area contributed by atoms with E-state index in [1.165, 1.54) is 0 Å². The van der Waals surface area contributed by atoms with Crippen molar-refractivity contribution in [2.45, 2.75) is 59.6 Å². The van der Waals surface area contributed by atoms with Crippen molar-refractivity contribution in [1.82, 2.24) is 15.5 Å². The van der Waals surface area contributed by atoms with Crippen LogP contribution in [0.15, 0.2) is 4.99 Å². The maximum atomic E-state index is 12.0. The maximum absolute atomic E-state index is 12.0. The molecule has 2 N–H and O–H groups in total. The summed E-state index contributed by atoms with van der Waals surface area (Å²) in [5, 5.41) is 6.24. The van der Waals surface area contributed by atoms with Crippen LogP contribution in [-0.2, 0) is 9.47 Å². The van der Waals surface area contributed by atoms with Gasteiger partial charge in [-0.25, -0.2) is 4.79 Å². The lowest BCUT2D eigenvalue weighted by molar-refractivity contribution is 0.0485. The number of halogens is 1. The van der Waals surface area contributed by atoms with Gasteiger partial charge in [0.15, 0.2) is 5.96 Å². The van der Waals surface area contributed by atoms with E-state index in [4.69, 9.17) is 9.47 Å². The molecule has 0 spiro atoms. The Hall–Kier alpha value is -0.770. The molecule has 1 unspecified atom stereocenters. The maximum Gasteiger partial charge on any atom is 0.407 e. The Morgan fingerprint density at radius 1 is 1.27 bits per heavy atom. The van der Waals surface area contributed by atoms with E-state index in [1.807, 2.05) is 34.7 Å². The third-order valence-electron chi connectivity index (χ3n) is 3.59. The monoisotopic (exact) mass is 486 g/mol. The molecule has 0 fully saturated rings. The Balaban J connectivity index is 0. The fourth-order valence-electron chi connectivity index (χ4n) is 2.23. The van der Waals surface area contributed by atoms with E-state index in [-0.39, 0.29) is 36.1 Å². The highest BCUT2D eigenvalue weighted by Crippen LogP contribution is 2.11. The summed E-state index contributed by atoms with van der Waals surface area (Å²) in [4.78, 5) is 18.3. The summed E-state index contributed by atoms with van der Waals surface area (Å²) < 4.78 is 10.7. The first-order valence-corrected chi connectivity index (χ1v) is 9.09. The molecule has 0 saturated heterocycles. The fraction of sp³-hybridized carbons (Fsp3) is 0.889. The highest BCUT2D eigenvalue weighted by atomic mass is 127. The van der Waals surface area contributed by atoms with Crippen LogP contribution in [0.25, 0.3) is 0 Å². The number of hydrogen-bond acceptors (Lipinski definition) is 4. The zero-order valence-corrected chi connectivity index (χ0v) is 20.0. The number of ether oxygens (including phenoxy) is 2. The van der Waals surface area contributed by atoms with Crippen LogP contribution in [0.4, 0.5) is 4.79 Å². The number of alkyl carbamates (subject to hydrolysis) is 1. The highest BCUT2D eigenvalue weighted by molar-refractivity contribution is 14.0. The van der Waals surface area contributed by atoms with Gasteiger partial charge in [0.05, 0.1) is 6.61 Å². The number of nitrogens with zero attached hydrogens (tertiary/aromatic N) is 2. The second-order valence-electron chi connectivity index (χ2n) is 7.38. The lowest BCUT2D eigenvalue weighted by Crippen LogP contribution is -2.45. The number of carbonyl (C=O) groups is 1. The standard InChI is InChI=1S/C18H38N4O3.HI/c1-9-24-13-11-20-16(19-7)22(8)12-10-15(14(2)3)21-17(23)25-18(4,5)6;/h14-15H,9-13H2,1-8H3,(H,19,20)(H,21,23);1H. The van der Waals surface area contributed by atoms with E-state index in [9.17, 15) is 4.79 Å². The van der Waals surface area contributed by atoms with Crippen molar-refractivity contribution in [3.8, 4) is 0 Å². The largest absolute Gasteiger partial charge is 0.444 e. The SMILES string of the molecule is CCOCCNC(=NC)N(C)CCC(NC(=O)OC(C)(C)C)C(C)C.I. The average molecular weight is 486 g/mol. The predicted octanol–water partition coefficient (Wildman–Crippen LogP) is 3.09. The van der Waals surface area contributed by atoms with E-state index >= 15 is 0 Å². The van der Waals surface area contributed by atoms with E-state index in [0.29, 0.717) is 25.7 Å². The minimum Gasteiger partial charge on any atom is -0.444 e. The number of amides is 1. The Bertz CT molecular complexity index is 412. The smallest absolute Gasteiger partial charge is 0.407 e. The average Bonchev–Trinajstić information content (AvgIpc) is 2.49. The van der Waals surface area contributed by atoms with E-state index in [0.717, 1.165) is 18.9 Å². The first-order chi connectivity index (χ1) is 11.6. The van der Waals surface area contributed by atoms with Gasteiger partial charge in [-0.3, -0.25) is 4.99 Å². The van der Waals surface area contributed by atoms with Gasteiger partial charge in [-0.15, -0.1) is 24.0 Å². The van der Waals surface area contributed by atoms with Gasteiger partial charge in [0.25, 0.3) is 0 Å². The van der Waals surface area contributed by atoms with Gasteiger partial charge in [-0.1, -0.05) is 13.8 Å². The fourth-order valence-corrected chi connectivity index (χ4v) is 2.23. The molecule has 156 valence electrons. The number of carbonyl (C=O) groups excluding carboxylic acids is 1. The second kappa shape index (κ2) is 14.3. The van der Waals surface area contributed by atoms with E-state index in [1.54, 1.807) is 7.05 Å². The molecule has 8 heteroatoms. The van der Waals surface area contributed by atoms with Crippen molar-refractivity contribution in [2.24, 2.45) is 10.9 Å². The number of aliphatic imine (C=N–C) groups is 1. The summed E-state index contributed by atoms with van der Waals surface area (Å²) in [7, 11) is 3.75. The molecular formula is C18H39IN4O3. The van der Waals surface area contributed by atoms with Crippen LogP contribution in [0.1, 0.15) is 48.0 Å². The van der Waals surface area contributed by atoms with Crippen molar-refractivity contribution < 1.29 is 14.3 Å². The van der Waals surface area contributed by atoms with Crippen molar-refractivity contribution in [2.75, 3.05) is 40.4 Å². The summed E-state index contributed by atoms with van der Waals surface area (Å²) >= 11 is 0. The molecule has 0 aliphatic rings. The highest BCUT2D eigenvalue weighted by Gasteiger charge is 2.22. The van der Waals surface area contributed by atoms with E-state index < -0.39 is 5.60 Å². The second-order valence-corrected chi connectivity index (χ2v) is 7.38. The van der Waals surface area contributed by atoms with Gasteiger partial charge in [-0.2, -0.15) is 0 Å². The number of guanidine groups is 1. The Morgan fingerprint density at radius 2 is 1.88 bits per heavy atom. The molecule has 7 nitrogen and oxygen atoms in total. The first kappa shape index (κ1) is 27.4. The molecule has 0 rings (SSSR count). The summed E-state index contributed by atoms with van der Waals surface area (Å²) in [5.41, 5.74) is -0.491. The molecule has 0 aliphatic heterocycles. The summed E-state index contributed by atoms with van der Waals surface area (Å²) in [5.74, 6) is 1.13. The topological polar surface area (TPSA) is 75.2 Å². The molecule has 0 saturated carbocycles. The molecule has 26 heavy (non-hydrogen) atoms. The molecule has 1 amide bonds. The Kier molecular flexibility index (Phi) is 15.1. The summed E-state index contributed by atoms with van der Waals surface area (Å²) in [6.07, 6.45) is 0.438. The van der Waals surface area contributed by atoms with Crippen molar-refractivity contribution in [3.63, 3.8) is 0 Å². The van der Waals surface area contributed by atoms with Gasteiger partial charge >= 0.3 is 6.09 Å². The zero-order valence-electron chi connectivity index (χ0n) is 17.7. The predicted molar refractivity (Wildman–Crippen MR) is 119 cm³/mol. The Morgan fingerprint density at radius 3 is 2.35 bits per heavy atom. The molecule has 0 heterocycles. The molecule has 0 aromatic carbocycles. The van der Waals surface area contributed by atoms with Crippen LogP contribution in [-0.4, -0.2) is 69.0 Å². The third-order valence-corrected chi connectivity index (χ3v) is 3.59. The molecule has 0 bridgehead atoms. The quantitative estimate of drug-likeness (QED) is 0.227. The van der Waals surface area contributed by atoms with Gasteiger partial charge < -0.3 is 25.0 Å². The summed E-state index contributed by atoms with van der Waals surface area (Å²) in [6.45, 7) is 14.6. The molecular weight excluding hydrogens is 447 g/mol. The van der Waals surface area contributed by atoms with Crippen molar-refractivity contribution >= 4 is 36.0 Å². The molecule has 0 aliphatic carbocycles. The van der Waals surface area contributed by atoms with Gasteiger partial charge in [0, 0.05) is 39.8 Å². The zero-order chi connectivity index (χ0) is 19.5. The van der Waals surface area contributed by atoms with E-state index in [2.05, 4.69) is 34.4 Å². The van der Waals surface area contributed by atoms with Crippen LogP contribution >= 0.6 is 24.0 Å². The minimum atomic E-state index is -0.491. The third kappa shape index (κ3) is 13.4. The van der Waals surface area contributed by atoms with Crippen LogP contribution < -0.4 is 10.6 Å². The molecule has 1 atom stereocenters. The lowest BCUT2D eigenvalue weighted by Gasteiger charge is -2.28. The number of hydrogen-bond donors (Lipinski definition) is 2. The van der Waals surface area contributed by atoms with Crippen LogP contribution in [0, 0.1) is 5.92 Å². The molecule has 0 aromatic heterocycles.